The molecule has 2 N–H and O–H groups in total. The van der Waals surface area contributed by atoms with Crippen molar-refractivity contribution < 1.29 is 22.8 Å². The summed E-state index contributed by atoms with van der Waals surface area (Å²) in [6.45, 7) is 4.72. The minimum Gasteiger partial charge on any atom is -0.394 e. The highest BCUT2D eigenvalue weighted by Crippen LogP contribution is 2.18. The molecule has 106 valence electrons. The smallest absolute Gasteiger partial charge is 0.297 e. The van der Waals surface area contributed by atoms with Gasteiger partial charge in [-0.05, 0) is 25.5 Å². The molecular formula is C13H18O5S. The van der Waals surface area contributed by atoms with Crippen LogP contribution in [0, 0.1) is 6.92 Å². The Balaban J connectivity index is 2.93. The summed E-state index contributed by atoms with van der Waals surface area (Å²) in [5, 5.41) is 18.4. The highest BCUT2D eigenvalue weighted by atomic mass is 32.2. The minimum absolute atomic E-state index is 0.0114. The number of hydrogen-bond donors (Lipinski definition) is 2. The van der Waals surface area contributed by atoms with Crippen LogP contribution in [0.1, 0.15) is 12.0 Å². The monoisotopic (exact) mass is 286 g/mol. The average molecular weight is 286 g/mol. The van der Waals surface area contributed by atoms with Crippen molar-refractivity contribution >= 4 is 10.1 Å². The fourth-order valence-electron chi connectivity index (χ4n) is 1.47. The lowest BCUT2D eigenvalue weighted by atomic mass is 10.1. The van der Waals surface area contributed by atoms with Crippen LogP contribution >= 0.6 is 0 Å². The van der Waals surface area contributed by atoms with Crippen LogP contribution in [-0.4, -0.2) is 37.4 Å². The van der Waals surface area contributed by atoms with Gasteiger partial charge in [-0.1, -0.05) is 23.8 Å². The number of aliphatic hydroxyl groups is 2. The second-order valence-corrected chi connectivity index (χ2v) is 5.75. The third kappa shape index (κ3) is 4.43. The van der Waals surface area contributed by atoms with Gasteiger partial charge in [-0.2, -0.15) is 8.42 Å². The molecule has 0 saturated heterocycles. The standard InChI is InChI=1S/C13H18O5S/c1-3-4-13(12(15)9-14)18-19(16,17)11-7-5-10(2)6-8-11/h3,5-8,12-15H,1,4,9H2,2H3/t12-,13-/m1/s1. The molecule has 1 rings (SSSR count). The van der Waals surface area contributed by atoms with E-state index in [-0.39, 0.29) is 11.3 Å². The first-order valence-electron chi connectivity index (χ1n) is 5.80. The summed E-state index contributed by atoms with van der Waals surface area (Å²) in [6, 6.07) is 6.17. The molecule has 0 aliphatic rings. The quantitative estimate of drug-likeness (QED) is 0.577. The molecule has 0 fully saturated rings. The van der Waals surface area contributed by atoms with Crippen molar-refractivity contribution in [3.8, 4) is 0 Å². The molecule has 0 unspecified atom stereocenters. The first-order chi connectivity index (χ1) is 8.90. The Morgan fingerprint density at radius 1 is 1.37 bits per heavy atom. The van der Waals surface area contributed by atoms with Crippen LogP contribution in [0.4, 0.5) is 0 Å². The van der Waals surface area contributed by atoms with Gasteiger partial charge in [0.25, 0.3) is 10.1 Å². The Bertz CT molecular complexity index is 506. The lowest BCUT2D eigenvalue weighted by Crippen LogP contribution is -2.33. The van der Waals surface area contributed by atoms with Crippen LogP contribution < -0.4 is 0 Å². The summed E-state index contributed by atoms with van der Waals surface area (Å²) in [4.78, 5) is 0.0114. The molecule has 0 amide bonds. The Morgan fingerprint density at radius 3 is 2.42 bits per heavy atom. The second-order valence-electron chi connectivity index (χ2n) is 4.18. The van der Waals surface area contributed by atoms with E-state index in [1.54, 1.807) is 12.1 Å². The third-order valence-electron chi connectivity index (χ3n) is 2.58. The molecule has 0 heterocycles. The first kappa shape index (κ1) is 15.8. The number of aliphatic hydroxyl groups excluding tert-OH is 2. The molecule has 0 radical (unpaired) electrons. The van der Waals surface area contributed by atoms with E-state index in [4.69, 9.17) is 9.29 Å². The lowest BCUT2D eigenvalue weighted by molar-refractivity contribution is 0.00390. The van der Waals surface area contributed by atoms with E-state index in [0.717, 1.165) is 5.56 Å². The highest BCUT2D eigenvalue weighted by molar-refractivity contribution is 7.86. The third-order valence-corrected chi connectivity index (χ3v) is 3.93. The Morgan fingerprint density at radius 2 is 1.95 bits per heavy atom. The van der Waals surface area contributed by atoms with E-state index in [1.165, 1.54) is 18.2 Å². The van der Waals surface area contributed by atoms with Gasteiger partial charge in [0.1, 0.15) is 12.2 Å². The van der Waals surface area contributed by atoms with Gasteiger partial charge >= 0.3 is 0 Å². The number of aryl methyl sites for hydroxylation is 1. The number of benzene rings is 1. The van der Waals surface area contributed by atoms with E-state index in [1.807, 2.05) is 6.92 Å². The second kappa shape index (κ2) is 6.81. The van der Waals surface area contributed by atoms with Gasteiger partial charge in [0.15, 0.2) is 0 Å². The average Bonchev–Trinajstić information content (AvgIpc) is 2.37. The van der Waals surface area contributed by atoms with Crippen LogP contribution in [0.15, 0.2) is 41.8 Å². The maximum Gasteiger partial charge on any atom is 0.297 e. The Hall–Kier alpha value is -1.21. The van der Waals surface area contributed by atoms with E-state index in [0.29, 0.717) is 0 Å². The maximum atomic E-state index is 12.0. The number of rotatable bonds is 7. The molecule has 0 bridgehead atoms. The molecule has 0 aliphatic carbocycles. The van der Waals surface area contributed by atoms with E-state index >= 15 is 0 Å². The number of hydrogen-bond acceptors (Lipinski definition) is 5. The fraction of sp³-hybridized carbons (Fsp3) is 0.385. The van der Waals surface area contributed by atoms with Crippen LogP contribution in [0.2, 0.25) is 0 Å². The van der Waals surface area contributed by atoms with Crippen molar-refractivity contribution in [2.75, 3.05) is 6.61 Å². The molecule has 1 aromatic rings. The van der Waals surface area contributed by atoms with Crippen LogP contribution in [0.5, 0.6) is 0 Å². The largest absolute Gasteiger partial charge is 0.394 e. The van der Waals surface area contributed by atoms with Crippen molar-refractivity contribution in [3.05, 3.63) is 42.5 Å². The van der Waals surface area contributed by atoms with Gasteiger partial charge in [0, 0.05) is 0 Å². The molecule has 5 nitrogen and oxygen atoms in total. The Labute approximate surface area is 113 Å². The molecule has 2 atom stereocenters. The van der Waals surface area contributed by atoms with Crippen LogP contribution in [0.25, 0.3) is 0 Å². The molecule has 6 heteroatoms. The maximum absolute atomic E-state index is 12.0. The summed E-state index contributed by atoms with van der Waals surface area (Å²) in [7, 11) is -3.97. The summed E-state index contributed by atoms with van der Waals surface area (Å²) in [5.41, 5.74) is 0.928. The van der Waals surface area contributed by atoms with E-state index in [9.17, 15) is 13.5 Å². The summed E-state index contributed by atoms with van der Waals surface area (Å²) in [6.07, 6.45) is -0.784. The van der Waals surface area contributed by atoms with Gasteiger partial charge in [-0.3, -0.25) is 4.18 Å². The highest BCUT2D eigenvalue weighted by Gasteiger charge is 2.26. The Kier molecular flexibility index (Phi) is 5.68. The van der Waals surface area contributed by atoms with Gasteiger partial charge in [0.2, 0.25) is 0 Å². The molecular weight excluding hydrogens is 268 g/mol. The van der Waals surface area contributed by atoms with Gasteiger partial charge in [-0.15, -0.1) is 6.58 Å². The minimum atomic E-state index is -3.97. The molecule has 0 aliphatic heterocycles. The predicted molar refractivity (Wildman–Crippen MR) is 71.1 cm³/mol. The molecule has 0 aromatic heterocycles. The van der Waals surface area contributed by atoms with Gasteiger partial charge < -0.3 is 10.2 Å². The zero-order chi connectivity index (χ0) is 14.5. The van der Waals surface area contributed by atoms with Crippen molar-refractivity contribution in [1.29, 1.82) is 0 Å². The normalized spacial score (nSPS) is 14.9. The van der Waals surface area contributed by atoms with Crippen molar-refractivity contribution in [2.45, 2.75) is 30.4 Å². The van der Waals surface area contributed by atoms with Crippen molar-refractivity contribution in [3.63, 3.8) is 0 Å². The van der Waals surface area contributed by atoms with Gasteiger partial charge in [0.05, 0.1) is 11.5 Å². The van der Waals surface area contributed by atoms with Crippen molar-refractivity contribution in [1.82, 2.24) is 0 Å². The van der Waals surface area contributed by atoms with E-state index in [2.05, 4.69) is 6.58 Å². The van der Waals surface area contributed by atoms with Crippen molar-refractivity contribution in [2.24, 2.45) is 0 Å². The van der Waals surface area contributed by atoms with E-state index < -0.39 is 28.9 Å². The molecule has 1 aromatic carbocycles. The fourth-order valence-corrected chi connectivity index (χ4v) is 2.58. The summed E-state index contributed by atoms with van der Waals surface area (Å²) < 4.78 is 28.9. The van der Waals surface area contributed by atoms with Gasteiger partial charge in [-0.25, -0.2) is 0 Å². The van der Waals surface area contributed by atoms with Crippen LogP contribution in [0.3, 0.4) is 0 Å². The summed E-state index contributed by atoms with van der Waals surface area (Å²) >= 11 is 0. The molecule has 0 spiro atoms. The zero-order valence-corrected chi connectivity index (χ0v) is 11.5. The zero-order valence-electron chi connectivity index (χ0n) is 10.7. The topological polar surface area (TPSA) is 83.8 Å². The molecule has 19 heavy (non-hydrogen) atoms. The lowest BCUT2D eigenvalue weighted by Gasteiger charge is -2.20. The molecule has 0 saturated carbocycles. The van der Waals surface area contributed by atoms with Crippen LogP contribution in [-0.2, 0) is 14.3 Å². The SMILES string of the molecule is C=CC[C@@H](OS(=O)(=O)c1ccc(C)cc1)[C@H](O)CO. The first-order valence-corrected chi connectivity index (χ1v) is 7.21. The predicted octanol–water partition coefficient (Wildman–Crippen LogP) is 0.998. The summed E-state index contributed by atoms with van der Waals surface area (Å²) in [5.74, 6) is 0.